The standard InChI is InChI=1S/C28H24.2C4H10/c1-5-13-21(14-6-1)25-26(22-15-7-2-8-16-22)28(24-19-11-4-12-20-24)27(25)23-17-9-3-10-18-23;2*1-4(2)3/h1-20,25-28H;2*4H,1-3H3. The van der Waals surface area contributed by atoms with Gasteiger partial charge in [0, 0.05) is 0 Å². The third kappa shape index (κ3) is 7.44. The minimum absolute atomic E-state index is 0.483. The van der Waals surface area contributed by atoms with E-state index in [-0.39, 0.29) is 0 Å². The van der Waals surface area contributed by atoms with Gasteiger partial charge in [0.2, 0.25) is 0 Å². The first-order valence-corrected chi connectivity index (χ1v) is 13.6. The second-order valence-electron chi connectivity index (χ2n) is 11.2. The topological polar surface area (TPSA) is 0 Å². The predicted molar refractivity (Wildman–Crippen MR) is 158 cm³/mol. The Morgan fingerprint density at radius 2 is 0.444 bits per heavy atom. The van der Waals surface area contributed by atoms with Crippen molar-refractivity contribution in [3.8, 4) is 0 Å². The Balaban J connectivity index is 0.000000398. The third-order valence-corrected chi connectivity index (χ3v) is 6.29. The Kier molecular flexibility index (Phi) is 10.6. The molecule has 5 rings (SSSR count). The molecule has 0 heterocycles. The van der Waals surface area contributed by atoms with Crippen molar-refractivity contribution in [1.82, 2.24) is 0 Å². The van der Waals surface area contributed by atoms with Crippen LogP contribution in [0.4, 0.5) is 0 Å². The van der Waals surface area contributed by atoms with Crippen LogP contribution in [-0.2, 0) is 0 Å². The van der Waals surface area contributed by atoms with Gasteiger partial charge in [0.05, 0.1) is 0 Å². The molecular formula is C36H44. The lowest BCUT2D eigenvalue weighted by molar-refractivity contribution is 0.229. The molecule has 188 valence electrons. The molecule has 0 aliphatic heterocycles. The summed E-state index contributed by atoms with van der Waals surface area (Å²) in [7, 11) is 0. The predicted octanol–water partition coefficient (Wildman–Crippen LogP) is 10.5. The van der Waals surface area contributed by atoms with Crippen LogP contribution in [-0.4, -0.2) is 0 Å². The van der Waals surface area contributed by atoms with Gasteiger partial charge in [-0.3, -0.25) is 0 Å². The summed E-state index contributed by atoms with van der Waals surface area (Å²) in [5.74, 6) is 3.60. The van der Waals surface area contributed by atoms with E-state index in [0.29, 0.717) is 23.7 Å². The fraction of sp³-hybridized carbons (Fsp3) is 0.333. The van der Waals surface area contributed by atoms with Gasteiger partial charge in [-0.2, -0.15) is 0 Å². The number of hydrogen-bond donors (Lipinski definition) is 0. The maximum atomic E-state index is 2.30. The highest BCUT2D eigenvalue weighted by Crippen LogP contribution is 2.66. The van der Waals surface area contributed by atoms with E-state index in [9.17, 15) is 0 Å². The van der Waals surface area contributed by atoms with Crippen LogP contribution in [0.25, 0.3) is 0 Å². The monoisotopic (exact) mass is 476 g/mol. The molecule has 0 saturated heterocycles. The molecule has 0 atom stereocenters. The summed E-state index contributed by atoms with van der Waals surface area (Å²) in [5.41, 5.74) is 5.77. The van der Waals surface area contributed by atoms with Gasteiger partial charge in [-0.15, -0.1) is 0 Å². The quantitative estimate of drug-likeness (QED) is 0.275. The van der Waals surface area contributed by atoms with Gasteiger partial charge >= 0.3 is 0 Å². The van der Waals surface area contributed by atoms with Crippen molar-refractivity contribution in [2.75, 3.05) is 0 Å². The maximum absolute atomic E-state index is 2.30. The molecule has 0 nitrogen and oxygen atoms in total. The highest BCUT2D eigenvalue weighted by Gasteiger charge is 2.52. The molecule has 1 saturated carbocycles. The average molecular weight is 477 g/mol. The fourth-order valence-corrected chi connectivity index (χ4v) is 5.11. The largest absolute Gasteiger partial charge is 0.0630 e. The lowest BCUT2D eigenvalue weighted by atomic mass is 9.49. The van der Waals surface area contributed by atoms with Gasteiger partial charge in [-0.05, 0) is 57.8 Å². The minimum atomic E-state index is 0.483. The van der Waals surface area contributed by atoms with Crippen molar-refractivity contribution in [3.63, 3.8) is 0 Å². The van der Waals surface area contributed by atoms with Crippen LogP contribution in [0.5, 0.6) is 0 Å². The number of hydrogen-bond acceptors (Lipinski definition) is 0. The first-order chi connectivity index (χ1) is 17.4. The highest BCUT2D eigenvalue weighted by atomic mass is 14.5. The fourth-order valence-electron chi connectivity index (χ4n) is 5.11. The molecule has 0 aromatic heterocycles. The Morgan fingerprint density at radius 1 is 0.306 bits per heavy atom. The average Bonchev–Trinajstić information content (AvgIpc) is 2.86. The van der Waals surface area contributed by atoms with Crippen molar-refractivity contribution in [3.05, 3.63) is 144 Å². The van der Waals surface area contributed by atoms with E-state index in [1.54, 1.807) is 0 Å². The van der Waals surface area contributed by atoms with Crippen molar-refractivity contribution >= 4 is 0 Å². The molecular weight excluding hydrogens is 432 g/mol. The summed E-state index contributed by atoms with van der Waals surface area (Å²) in [5, 5.41) is 0. The Labute approximate surface area is 220 Å². The molecule has 1 fully saturated rings. The van der Waals surface area contributed by atoms with E-state index in [0.717, 1.165) is 11.8 Å². The molecule has 1 aliphatic rings. The molecule has 1 aliphatic carbocycles. The molecule has 0 radical (unpaired) electrons. The van der Waals surface area contributed by atoms with Gasteiger partial charge < -0.3 is 0 Å². The van der Waals surface area contributed by atoms with Crippen LogP contribution in [0.2, 0.25) is 0 Å². The Hall–Kier alpha value is -3.12. The van der Waals surface area contributed by atoms with E-state index in [2.05, 4.69) is 163 Å². The molecule has 4 aromatic carbocycles. The van der Waals surface area contributed by atoms with E-state index in [4.69, 9.17) is 0 Å². The maximum Gasteiger partial charge on any atom is -0.00120 e. The smallest absolute Gasteiger partial charge is 0.00120 e. The van der Waals surface area contributed by atoms with Crippen LogP contribution in [0, 0.1) is 11.8 Å². The molecule has 0 bridgehead atoms. The highest BCUT2D eigenvalue weighted by molar-refractivity contribution is 5.47. The normalized spacial score (nSPS) is 20.4. The van der Waals surface area contributed by atoms with E-state index in [1.807, 2.05) is 0 Å². The SMILES string of the molecule is CC(C)C.CC(C)C.c1ccc(C2C(c3ccccc3)C(c3ccccc3)C2c2ccccc2)cc1. The number of rotatable bonds is 4. The number of benzene rings is 4. The summed E-state index contributed by atoms with van der Waals surface area (Å²) in [6.07, 6.45) is 0. The zero-order valence-electron chi connectivity index (χ0n) is 23.0. The third-order valence-electron chi connectivity index (χ3n) is 6.29. The van der Waals surface area contributed by atoms with Gasteiger partial charge in [-0.1, -0.05) is 163 Å². The zero-order chi connectivity index (χ0) is 25.9. The van der Waals surface area contributed by atoms with Gasteiger partial charge in [0.15, 0.2) is 0 Å². The molecule has 0 amide bonds. The molecule has 0 spiro atoms. The second kappa shape index (κ2) is 13.8. The second-order valence-corrected chi connectivity index (χ2v) is 11.2. The summed E-state index contributed by atoms with van der Waals surface area (Å²) in [6.45, 7) is 13.0. The molecule has 0 unspecified atom stereocenters. The van der Waals surface area contributed by atoms with E-state index < -0.39 is 0 Å². The van der Waals surface area contributed by atoms with Crippen LogP contribution < -0.4 is 0 Å². The van der Waals surface area contributed by atoms with E-state index in [1.165, 1.54) is 22.3 Å². The van der Waals surface area contributed by atoms with Gasteiger partial charge in [0.25, 0.3) is 0 Å². The molecule has 0 N–H and O–H groups in total. The zero-order valence-corrected chi connectivity index (χ0v) is 23.0. The summed E-state index contributed by atoms with van der Waals surface area (Å²) >= 11 is 0. The molecule has 0 heteroatoms. The summed E-state index contributed by atoms with van der Waals surface area (Å²) in [6, 6.07) is 44.3. The summed E-state index contributed by atoms with van der Waals surface area (Å²) < 4.78 is 0. The van der Waals surface area contributed by atoms with Crippen molar-refractivity contribution in [2.24, 2.45) is 11.8 Å². The van der Waals surface area contributed by atoms with Gasteiger partial charge in [-0.25, -0.2) is 0 Å². The lowest BCUT2D eigenvalue weighted by Crippen LogP contribution is -2.40. The first-order valence-electron chi connectivity index (χ1n) is 13.6. The molecule has 4 aromatic rings. The van der Waals surface area contributed by atoms with Crippen LogP contribution in [0.3, 0.4) is 0 Å². The lowest BCUT2D eigenvalue weighted by Gasteiger charge is -2.53. The van der Waals surface area contributed by atoms with Gasteiger partial charge in [0.1, 0.15) is 0 Å². The summed E-state index contributed by atoms with van der Waals surface area (Å²) in [4.78, 5) is 0. The van der Waals surface area contributed by atoms with Crippen LogP contribution in [0.15, 0.2) is 121 Å². The van der Waals surface area contributed by atoms with Crippen molar-refractivity contribution in [1.29, 1.82) is 0 Å². The van der Waals surface area contributed by atoms with Crippen LogP contribution in [0.1, 0.15) is 87.5 Å². The van der Waals surface area contributed by atoms with Crippen molar-refractivity contribution < 1.29 is 0 Å². The van der Waals surface area contributed by atoms with E-state index >= 15 is 0 Å². The Morgan fingerprint density at radius 3 is 0.583 bits per heavy atom. The Bertz CT molecular complexity index is 904. The first kappa shape index (κ1) is 27.5. The van der Waals surface area contributed by atoms with Crippen LogP contribution >= 0.6 is 0 Å². The molecule has 36 heavy (non-hydrogen) atoms. The van der Waals surface area contributed by atoms with Crippen molar-refractivity contribution in [2.45, 2.75) is 65.2 Å². The minimum Gasteiger partial charge on any atom is -0.0630 e.